The van der Waals surface area contributed by atoms with Gasteiger partial charge < -0.3 is 0 Å². The SMILES string of the molecule is CC(C)c1nnc2ccc(Cc3ccccc3)cn12. The minimum Gasteiger partial charge on any atom is -0.286 e. The van der Waals surface area contributed by atoms with E-state index in [1.54, 1.807) is 0 Å². The van der Waals surface area contributed by atoms with Crippen LogP contribution in [-0.2, 0) is 6.42 Å². The third-order valence-electron chi connectivity index (χ3n) is 3.26. The molecule has 0 atom stereocenters. The molecule has 19 heavy (non-hydrogen) atoms. The number of aromatic nitrogens is 3. The van der Waals surface area contributed by atoms with Gasteiger partial charge in [0, 0.05) is 12.1 Å². The van der Waals surface area contributed by atoms with Gasteiger partial charge in [0.15, 0.2) is 5.65 Å². The van der Waals surface area contributed by atoms with E-state index in [1.165, 1.54) is 11.1 Å². The quantitative estimate of drug-likeness (QED) is 0.713. The minimum atomic E-state index is 0.377. The molecule has 2 aromatic heterocycles. The molecule has 3 aromatic rings. The molecule has 0 aliphatic rings. The second kappa shape index (κ2) is 4.84. The average molecular weight is 251 g/mol. The molecule has 0 bridgehead atoms. The standard InChI is InChI=1S/C16H17N3/c1-12(2)16-18-17-15-9-8-14(11-19(15)16)10-13-6-4-3-5-7-13/h3-9,11-12H,10H2,1-2H3. The molecule has 3 nitrogen and oxygen atoms in total. The number of benzene rings is 1. The molecule has 0 fully saturated rings. The number of hydrogen-bond acceptors (Lipinski definition) is 2. The molecule has 1 aromatic carbocycles. The van der Waals surface area contributed by atoms with Crippen molar-refractivity contribution in [3.63, 3.8) is 0 Å². The smallest absolute Gasteiger partial charge is 0.160 e. The molecular formula is C16H17N3. The summed E-state index contributed by atoms with van der Waals surface area (Å²) in [6, 6.07) is 14.7. The molecule has 0 unspecified atom stereocenters. The Hall–Kier alpha value is -2.16. The molecule has 0 aliphatic heterocycles. The highest BCUT2D eigenvalue weighted by Crippen LogP contribution is 2.16. The number of nitrogens with zero attached hydrogens (tertiary/aromatic N) is 3. The van der Waals surface area contributed by atoms with Crippen LogP contribution in [0.4, 0.5) is 0 Å². The summed E-state index contributed by atoms with van der Waals surface area (Å²) in [4.78, 5) is 0. The van der Waals surface area contributed by atoms with E-state index in [9.17, 15) is 0 Å². The first kappa shape index (κ1) is 11.9. The summed E-state index contributed by atoms with van der Waals surface area (Å²) in [7, 11) is 0. The lowest BCUT2D eigenvalue weighted by atomic mass is 10.1. The summed E-state index contributed by atoms with van der Waals surface area (Å²) < 4.78 is 2.10. The van der Waals surface area contributed by atoms with Crippen molar-refractivity contribution in [1.82, 2.24) is 14.6 Å². The Morgan fingerprint density at radius 1 is 0.947 bits per heavy atom. The van der Waals surface area contributed by atoms with Gasteiger partial charge in [-0.15, -0.1) is 10.2 Å². The van der Waals surface area contributed by atoms with E-state index in [1.807, 2.05) is 12.1 Å². The molecular weight excluding hydrogens is 234 g/mol. The highest BCUT2D eigenvalue weighted by Gasteiger charge is 2.09. The van der Waals surface area contributed by atoms with Crippen molar-refractivity contribution in [2.75, 3.05) is 0 Å². The van der Waals surface area contributed by atoms with Gasteiger partial charge in [-0.3, -0.25) is 4.40 Å². The van der Waals surface area contributed by atoms with E-state index in [2.05, 4.69) is 65.0 Å². The van der Waals surface area contributed by atoms with Crippen molar-refractivity contribution >= 4 is 5.65 Å². The van der Waals surface area contributed by atoms with E-state index in [0.717, 1.165) is 17.9 Å². The monoisotopic (exact) mass is 251 g/mol. The molecule has 0 radical (unpaired) electrons. The van der Waals surface area contributed by atoms with E-state index in [0.29, 0.717) is 5.92 Å². The Labute approximate surface area is 112 Å². The van der Waals surface area contributed by atoms with Crippen LogP contribution >= 0.6 is 0 Å². The van der Waals surface area contributed by atoms with Crippen molar-refractivity contribution in [2.45, 2.75) is 26.2 Å². The maximum absolute atomic E-state index is 4.26. The number of fused-ring (bicyclic) bond motifs is 1. The second-order valence-electron chi connectivity index (χ2n) is 5.14. The lowest BCUT2D eigenvalue weighted by Crippen LogP contribution is -1.98. The zero-order valence-electron chi connectivity index (χ0n) is 11.2. The van der Waals surface area contributed by atoms with Gasteiger partial charge in [-0.2, -0.15) is 0 Å². The molecule has 0 N–H and O–H groups in total. The molecule has 3 rings (SSSR count). The zero-order valence-corrected chi connectivity index (χ0v) is 11.2. The largest absolute Gasteiger partial charge is 0.286 e. The number of pyridine rings is 1. The van der Waals surface area contributed by atoms with Crippen molar-refractivity contribution in [1.29, 1.82) is 0 Å². The maximum Gasteiger partial charge on any atom is 0.160 e. The van der Waals surface area contributed by atoms with Gasteiger partial charge >= 0.3 is 0 Å². The highest BCUT2D eigenvalue weighted by atomic mass is 15.2. The van der Waals surface area contributed by atoms with Gasteiger partial charge in [0.1, 0.15) is 5.82 Å². The van der Waals surface area contributed by atoms with Crippen LogP contribution in [0.1, 0.15) is 36.7 Å². The Balaban J connectivity index is 1.99. The van der Waals surface area contributed by atoms with E-state index in [-0.39, 0.29) is 0 Å². The van der Waals surface area contributed by atoms with E-state index in [4.69, 9.17) is 0 Å². The Kier molecular flexibility index (Phi) is 3.03. The fraction of sp³-hybridized carbons (Fsp3) is 0.250. The Bertz CT molecular complexity index is 684. The van der Waals surface area contributed by atoms with Crippen molar-refractivity contribution in [3.8, 4) is 0 Å². The first-order valence-electron chi connectivity index (χ1n) is 6.61. The fourth-order valence-electron chi connectivity index (χ4n) is 2.28. The Morgan fingerprint density at radius 3 is 2.47 bits per heavy atom. The lowest BCUT2D eigenvalue weighted by molar-refractivity contribution is 0.757. The van der Waals surface area contributed by atoms with Crippen LogP contribution in [0.3, 0.4) is 0 Å². The maximum atomic E-state index is 4.26. The summed E-state index contributed by atoms with van der Waals surface area (Å²) in [5, 5.41) is 8.46. The predicted octanol–water partition coefficient (Wildman–Crippen LogP) is 3.44. The molecule has 0 spiro atoms. The van der Waals surface area contributed by atoms with Crippen molar-refractivity contribution < 1.29 is 0 Å². The normalized spacial score (nSPS) is 11.3. The summed E-state index contributed by atoms with van der Waals surface area (Å²) in [5.74, 6) is 1.40. The Morgan fingerprint density at radius 2 is 1.74 bits per heavy atom. The van der Waals surface area contributed by atoms with Gasteiger partial charge in [0.05, 0.1) is 0 Å². The highest BCUT2D eigenvalue weighted by molar-refractivity contribution is 5.41. The molecule has 0 saturated carbocycles. The van der Waals surface area contributed by atoms with Crippen LogP contribution in [0.5, 0.6) is 0 Å². The van der Waals surface area contributed by atoms with Gasteiger partial charge in [-0.25, -0.2) is 0 Å². The topological polar surface area (TPSA) is 30.2 Å². The van der Waals surface area contributed by atoms with Crippen LogP contribution < -0.4 is 0 Å². The van der Waals surface area contributed by atoms with Gasteiger partial charge in [0.2, 0.25) is 0 Å². The van der Waals surface area contributed by atoms with Gasteiger partial charge in [-0.1, -0.05) is 50.2 Å². The minimum absolute atomic E-state index is 0.377. The van der Waals surface area contributed by atoms with Crippen LogP contribution in [0.2, 0.25) is 0 Å². The van der Waals surface area contributed by atoms with E-state index >= 15 is 0 Å². The van der Waals surface area contributed by atoms with Crippen LogP contribution in [0.25, 0.3) is 5.65 Å². The molecule has 0 saturated heterocycles. The van der Waals surface area contributed by atoms with Crippen LogP contribution in [-0.4, -0.2) is 14.6 Å². The molecule has 3 heteroatoms. The molecule has 96 valence electrons. The van der Waals surface area contributed by atoms with E-state index < -0.39 is 0 Å². The summed E-state index contributed by atoms with van der Waals surface area (Å²) in [5.41, 5.74) is 3.52. The third-order valence-corrected chi connectivity index (χ3v) is 3.26. The molecule has 0 aliphatic carbocycles. The predicted molar refractivity (Wildman–Crippen MR) is 76.3 cm³/mol. The number of rotatable bonds is 3. The lowest BCUT2D eigenvalue weighted by Gasteiger charge is -2.06. The third kappa shape index (κ3) is 2.36. The van der Waals surface area contributed by atoms with Crippen molar-refractivity contribution in [3.05, 3.63) is 65.6 Å². The zero-order chi connectivity index (χ0) is 13.2. The number of hydrogen-bond donors (Lipinski definition) is 0. The molecule has 2 heterocycles. The van der Waals surface area contributed by atoms with Gasteiger partial charge in [-0.05, 0) is 23.6 Å². The summed E-state index contributed by atoms with van der Waals surface area (Å²) in [6.45, 7) is 4.28. The summed E-state index contributed by atoms with van der Waals surface area (Å²) >= 11 is 0. The van der Waals surface area contributed by atoms with Gasteiger partial charge in [0.25, 0.3) is 0 Å². The average Bonchev–Trinajstić information content (AvgIpc) is 2.83. The molecule has 0 amide bonds. The first-order valence-corrected chi connectivity index (χ1v) is 6.61. The second-order valence-corrected chi connectivity index (χ2v) is 5.14. The first-order chi connectivity index (χ1) is 9.24. The summed E-state index contributed by atoms with van der Waals surface area (Å²) in [6.07, 6.45) is 3.09. The van der Waals surface area contributed by atoms with Crippen molar-refractivity contribution in [2.24, 2.45) is 0 Å². The van der Waals surface area contributed by atoms with Crippen LogP contribution in [0, 0.1) is 0 Å². The fourth-order valence-corrected chi connectivity index (χ4v) is 2.28. The van der Waals surface area contributed by atoms with Crippen LogP contribution in [0.15, 0.2) is 48.7 Å².